The Hall–Kier alpha value is -2.97. The number of nitrogens with zero attached hydrogens (tertiary/aromatic N) is 2. The number of benzene rings is 2. The van der Waals surface area contributed by atoms with Crippen molar-refractivity contribution in [3.63, 3.8) is 0 Å². The molecule has 0 aliphatic heterocycles. The fourth-order valence-corrected chi connectivity index (χ4v) is 2.68. The summed E-state index contributed by atoms with van der Waals surface area (Å²) in [4.78, 5) is 15.7. The van der Waals surface area contributed by atoms with Crippen molar-refractivity contribution in [3.8, 4) is 11.5 Å². The molecule has 0 aliphatic rings. The van der Waals surface area contributed by atoms with Gasteiger partial charge in [0.05, 0.1) is 30.2 Å². The lowest BCUT2D eigenvalue weighted by Crippen LogP contribution is -2.38. The van der Waals surface area contributed by atoms with Crippen LogP contribution < -0.4 is 15.8 Å². The first-order valence-corrected chi connectivity index (χ1v) is 8.54. The number of halogens is 1. The molecule has 2 aromatic carbocycles. The van der Waals surface area contributed by atoms with Crippen LogP contribution in [-0.2, 0) is 17.9 Å². The normalized spacial score (nSPS) is 12.3. The zero-order valence-corrected chi connectivity index (χ0v) is 14.9. The fraction of sp³-hybridized carbons (Fsp3) is 0.263. The number of hydrogen-bond acceptors (Lipinski definition) is 5. The maximum atomic E-state index is 13.0. The van der Waals surface area contributed by atoms with E-state index in [1.807, 2.05) is 16.7 Å². The number of aliphatic hydroxyl groups excluding tert-OH is 1. The van der Waals surface area contributed by atoms with Gasteiger partial charge in [0.1, 0.15) is 23.1 Å². The van der Waals surface area contributed by atoms with Gasteiger partial charge < -0.3 is 20.1 Å². The lowest BCUT2D eigenvalue weighted by Gasteiger charge is -2.12. The van der Waals surface area contributed by atoms with E-state index in [4.69, 9.17) is 10.5 Å². The summed E-state index contributed by atoms with van der Waals surface area (Å²) >= 11 is 0. The van der Waals surface area contributed by atoms with E-state index in [-0.39, 0.29) is 12.4 Å². The molecular weight excluding hydrogens is 351 g/mol. The van der Waals surface area contributed by atoms with Gasteiger partial charge in [0.2, 0.25) is 5.91 Å². The SMILES string of the molecule is C[C@H](NCc1nc2ccc(Oc3ccc(F)cc3)cc2n1CCO)C(N)=O. The number of carbonyl (C=O) groups is 1. The highest BCUT2D eigenvalue weighted by atomic mass is 19.1. The second-order valence-corrected chi connectivity index (χ2v) is 6.11. The zero-order chi connectivity index (χ0) is 19.4. The Morgan fingerprint density at radius 3 is 2.67 bits per heavy atom. The van der Waals surface area contributed by atoms with Crippen LogP contribution in [0, 0.1) is 5.82 Å². The van der Waals surface area contributed by atoms with Gasteiger partial charge in [-0.1, -0.05) is 0 Å². The number of amides is 1. The van der Waals surface area contributed by atoms with Crippen molar-refractivity contribution in [1.82, 2.24) is 14.9 Å². The maximum absolute atomic E-state index is 13.0. The number of rotatable bonds is 8. The van der Waals surface area contributed by atoms with Gasteiger partial charge in [-0.15, -0.1) is 0 Å². The number of primary amides is 1. The van der Waals surface area contributed by atoms with Crippen LogP contribution in [0.1, 0.15) is 12.7 Å². The molecule has 1 aromatic heterocycles. The summed E-state index contributed by atoms with van der Waals surface area (Å²) in [6.45, 7) is 2.29. The molecule has 1 heterocycles. The highest BCUT2D eigenvalue weighted by Crippen LogP contribution is 2.26. The number of nitrogens with two attached hydrogens (primary N) is 1. The van der Waals surface area contributed by atoms with Gasteiger partial charge in [-0.2, -0.15) is 0 Å². The molecule has 3 aromatic rings. The molecular formula is C19H21FN4O3. The molecule has 7 nitrogen and oxygen atoms in total. The number of carbonyl (C=O) groups excluding carboxylic acids is 1. The maximum Gasteiger partial charge on any atom is 0.234 e. The Labute approximate surface area is 155 Å². The van der Waals surface area contributed by atoms with Gasteiger partial charge in [0, 0.05) is 12.6 Å². The van der Waals surface area contributed by atoms with Crippen LogP contribution in [0.25, 0.3) is 11.0 Å². The first-order chi connectivity index (χ1) is 13.0. The Bertz CT molecular complexity index is 940. The van der Waals surface area contributed by atoms with Crippen molar-refractivity contribution in [2.45, 2.75) is 26.1 Å². The van der Waals surface area contributed by atoms with E-state index in [0.29, 0.717) is 30.4 Å². The van der Waals surface area contributed by atoms with E-state index >= 15 is 0 Å². The molecule has 0 saturated carbocycles. The average molecular weight is 372 g/mol. The average Bonchev–Trinajstić information content (AvgIpc) is 2.99. The van der Waals surface area contributed by atoms with Crippen molar-refractivity contribution < 1.29 is 19.0 Å². The van der Waals surface area contributed by atoms with Gasteiger partial charge in [0.15, 0.2) is 0 Å². The van der Waals surface area contributed by atoms with Crippen LogP contribution in [0.3, 0.4) is 0 Å². The summed E-state index contributed by atoms with van der Waals surface area (Å²) in [5.41, 5.74) is 6.78. The monoisotopic (exact) mass is 372 g/mol. The van der Waals surface area contributed by atoms with Crippen LogP contribution in [0.2, 0.25) is 0 Å². The molecule has 0 unspecified atom stereocenters. The number of nitrogens with one attached hydrogen (secondary N) is 1. The first kappa shape index (κ1) is 18.8. The number of ether oxygens (including phenoxy) is 1. The second-order valence-electron chi connectivity index (χ2n) is 6.11. The Kier molecular flexibility index (Phi) is 5.68. The molecule has 142 valence electrons. The molecule has 0 fully saturated rings. The minimum atomic E-state index is -0.496. The second kappa shape index (κ2) is 8.15. The van der Waals surface area contributed by atoms with Crippen LogP contribution in [0.4, 0.5) is 4.39 Å². The lowest BCUT2D eigenvalue weighted by atomic mass is 10.3. The van der Waals surface area contributed by atoms with E-state index in [0.717, 1.165) is 11.0 Å². The molecule has 27 heavy (non-hydrogen) atoms. The summed E-state index contributed by atoms with van der Waals surface area (Å²) < 4.78 is 20.6. The molecule has 1 atom stereocenters. The number of imidazole rings is 1. The van der Waals surface area contributed by atoms with Crippen molar-refractivity contribution in [2.24, 2.45) is 5.73 Å². The molecule has 1 amide bonds. The molecule has 0 aliphatic carbocycles. The van der Waals surface area contributed by atoms with Crippen molar-refractivity contribution in [3.05, 3.63) is 54.1 Å². The summed E-state index contributed by atoms with van der Waals surface area (Å²) in [7, 11) is 0. The lowest BCUT2D eigenvalue weighted by molar-refractivity contribution is -0.119. The van der Waals surface area contributed by atoms with Gasteiger partial charge in [-0.25, -0.2) is 9.37 Å². The van der Waals surface area contributed by atoms with E-state index in [9.17, 15) is 14.3 Å². The van der Waals surface area contributed by atoms with Crippen LogP contribution >= 0.6 is 0 Å². The molecule has 8 heteroatoms. The highest BCUT2D eigenvalue weighted by Gasteiger charge is 2.14. The molecule has 0 saturated heterocycles. The van der Waals surface area contributed by atoms with Gasteiger partial charge in [0.25, 0.3) is 0 Å². The smallest absolute Gasteiger partial charge is 0.234 e. The molecule has 4 N–H and O–H groups in total. The molecule has 0 spiro atoms. The number of aliphatic hydroxyl groups is 1. The Morgan fingerprint density at radius 1 is 1.30 bits per heavy atom. The highest BCUT2D eigenvalue weighted by molar-refractivity contribution is 5.79. The fourth-order valence-electron chi connectivity index (χ4n) is 2.68. The molecule has 3 rings (SSSR count). The van der Waals surface area contributed by atoms with Gasteiger partial charge in [-0.3, -0.25) is 10.1 Å². The number of fused-ring (bicyclic) bond motifs is 1. The number of aromatic nitrogens is 2. The van der Waals surface area contributed by atoms with E-state index in [2.05, 4.69) is 10.3 Å². The summed E-state index contributed by atoms with van der Waals surface area (Å²) in [5.74, 6) is 0.974. The minimum Gasteiger partial charge on any atom is -0.457 e. The predicted molar refractivity (Wildman–Crippen MR) is 98.8 cm³/mol. The molecule has 0 radical (unpaired) electrons. The standard InChI is InChI=1S/C19H21FN4O3/c1-12(19(21)26)22-11-18-23-16-7-6-15(10-17(16)24(18)8-9-25)27-14-4-2-13(20)3-5-14/h2-7,10,12,22,25H,8-9,11H2,1H3,(H2,21,26)/t12-/m0/s1. The topological polar surface area (TPSA) is 102 Å². The first-order valence-electron chi connectivity index (χ1n) is 8.54. The summed E-state index contributed by atoms with van der Waals surface area (Å²) in [6, 6.07) is 10.6. The quantitative estimate of drug-likeness (QED) is 0.561. The van der Waals surface area contributed by atoms with E-state index in [1.54, 1.807) is 25.1 Å². The predicted octanol–water partition coefficient (Wildman–Crippen LogP) is 1.92. The zero-order valence-electron chi connectivity index (χ0n) is 14.9. The van der Waals surface area contributed by atoms with E-state index < -0.39 is 11.9 Å². The third-order valence-corrected chi connectivity index (χ3v) is 4.16. The Morgan fingerprint density at radius 2 is 2.00 bits per heavy atom. The summed E-state index contributed by atoms with van der Waals surface area (Å²) in [5, 5.41) is 12.4. The van der Waals surface area contributed by atoms with Crippen LogP contribution in [0.5, 0.6) is 11.5 Å². The van der Waals surface area contributed by atoms with Gasteiger partial charge in [-0.05, 0) is 43.3 Å². The van der Waals surface area contributed by atoms with Crippen molar-refractivity contribution in [1.29, 1.82) is 0 Å². The largest absolute Gasteiger partial charge is 0.457 e. The van der Waals surface area contributed by atoms with Crippen LogP contribution in [-0.4, -0.2) is 33.2 Å². The summed E-state index contributed by atoms with van der Waals surface area (Å²) in [6.07, 6.45) is 0. The third-order valence-electron chi connectivity index (χ3n) is 4.16. The minimum absolute atomic E-state index is 0.0626. The molecule has 0 bridgehead atoms. The van der Waals surface area contributed by atoms with Crippen molar-refractivity contribution in [2.75, 3.05) is 6.61 Å². The van der Waals surface area contributed by atoms with Crippen molar-refractivity contribution >= 4 is 16.9 Å². The van der Waals surface area contributed by atoms with Crippen LogP contribution in [0.15, 0.2) is 42.5 Å². The van der Waals surface area contributed by atoms with Gasteiger partial charge >= 0.3 is 0 Å². The Balaban J connectivity index is 1.88. The van der Waals surface area contributed by atoms with E-state index in [1.165, 1.54) is 12.1 Å². The third kappa shape index (κ3) is 4.42. The number of hydrogen-bond donors (Lipinski definition) is 3.